The number of benzene rings is 2. The number of nitrogens with zero attached hydrogens (tertiary/aromatic N) is 3. The largest absolute Gasteiger partial charge is 0.497 e. The molecular formula is C17H17N5O3. The lowest BCUT2D eigenvalue weighted by molar-refractivity contribution is -0.385. The summed E-state index contributed by atoms with van der Waals surface area (Å²) in [7, 11) is 1.57. The Labute approximate surface area is 144 Å². The van der Waals surface area contributed by atoms with E-state index in [0.29, 0.717) is 17.0 Å². The molecule has 2 rings (SSSR count). The molecule has 0 saturated carbocycles. The average molecular weight is 339 g/mol. The molecule has 25 heavy (non-hydrogen) atoms. The summed E-state index contributed by atoms with van der Waals surface area (Å²) in [5.41, 5.74) is 12.2. The fourth-order valence-electron chi connectivity index (χ4n) is 2.02. The lowest BCUT2D eigenvalue weighted by atomic mass is 10.1. The smallest absolute Gasteiger partial charge is 0.276 e. The van der Waals surface area contributed by atoms with Crippen molar-refractivity contribution < 1.29 is 9.66 Å². The number of nitro benzene ring substituents is 1. The van der Waals surface area contributed by atoms with Crippen LogP contribution in [0, 0.1) is 10.1 Å². The fraction of sp³-hybridized carbons (Fsp3) is 0.0588. The van der Waals surface area contributed by atoms with Gasteiger partial charge in [0, 0.05) is 11.6 Å². The number of nitro groups is 1. The normalized spacial score (nSPS) is 11.3. The Hall–Kier alpha value is -3.68. The number of guanidine groups is 1. The van der Waals surface area contributed by atoms with Crippen molar-refractivity contribution in [2.24, 2.45) is 21.7 Å². The van der Waals surface area contributed by atoms with Gasteiger partial charge < -0.3 is 16.2 Å². The Bertz CT molecular complexity index is 838. The quantitative estimate of drug-likeness (QED) is 0.361. The van der Waals surface area contributed by atoms with E-state index >= 15 is 0 Å². The molecule has 8 heteroatoms. The SMILES string of the molecule is COc1ccc(C(/C=C/c2ccccc2[N+](=O)[O-])=N\N=C(N)N)cc1. The number of para-hydroxylation sites is 1. The van der Waals surface area contributed by atoms with Gasteiger partial charge in [-0.1, -0.05) is 12.1 Å². The summed E-state index contributed by atoms with van der Waals surface area (Å²) in [4.78, 5) is 10.7. The minimum absolute atomic E-state index is 0.00493. The summed E-state index contributed by atoms with van der Waals surface area (Å²) in [5.74, 6) is 0.498. The van der Waals surface area contributed by atoms with Crippen molar-refractivity contribution in [1.82, 2.24) is 0 Å². The van der Waals surface area contributed by atoms with Gasteiger partial charge in [-0.05, 0) is 42.5 Å². The Kier molecular flexibility index (Phi) is 5.83. The number of hydrogen-bond acceptors (Lipinski definition) is 5. The molecule has 2 aromatic carbocycles. The van der Waals surface area contributed by atoms with Gasteiger partial charge in [0.05, 0.1) is 23.3 Å². The number of methoxy groups -OCH3 is 1. The van der Waals surface area contributed by atoms with Crippen LogP contribution in [0.15, 0.2) is 64.8 Å². The molecule has 0 bridgehead atoms. The van der Waals surface area contributed by atoms with Gasteiger partial charge >= 0.3 is 0 Å². The van der Waals surface area contributed by atoms with Crippen LogP contribution in [0.25, 0.3) is 6.08 Å². The molecule has 0 aliphatic carbocycles. The number of allylic oxidation sites excluding steroid dienone is 1. The number of hydrogen-bond donors (Lipinski definition) is 2. The monoisotopic (exact) mass is 339 g/mol. The van der Waals surface area contributed by atoms with Crippen molar-refractivity contribution in [1.29, 1.82) is 0 Å². The van der Waals surface area contributed by atoms with Gasteiger partial charge in [-0.3, -0.25) is 10.1 Å². The molecule has 0 atom stereocenters. The predicted molar refractivity (Wildman–Crippen MR) is 97.5 cm³/mol. The standard InChI is InChI=1S/C17H17N5O3/c1-25-14-9-6-12(7-10-14)15(20-21-17(18)19)11-8-13-4-2-3-5-16(13)22(23)24/h2-11H,1H3,(H4,18,19,21)/b11-8+,20-15-. The summed E-state index contributed by atoms with van der Waals surface area (Å²) in [6.07, 6.45) is 3.19. The van der Waals surface area contributed by atoms with Gasteiger partial charge in [-0.25, -0.2) is 0 Å². The maximum absolute atomic E-state index is 11.1. The van der Waals surface area contributed by atoms with Crippen LogP contribution in [-0.4, -0.2) is 23.7 Å². The highest BCUT2D eigenvalue weighted by Gasteiger charge is 2.10. The molecular weight excluding hydrogens is 322 g/mol. The van der Waals surface area contributed by atoms with Crippen molar-refractivity contribution in [3.05, 3.63) is 75.8 Å². The first kappa shape index (κ1) is 17.7. The third-order valence-corrected chi connectivity index (χ3v) is 3.21. The second-order valence-corrected chi connectivity index (χ2v) is 4.89. The molecule has 0 aliphatic rings. The van der Waals surface area contributed by atoms with E-state index in [1.807, 2.05) is 0 Å². The van der Waals surface area contributed by atoms with Crippen LogP contribution >= 0.6 is 0 Å². The molecule has 0 saturated heterocycles. The summed E-state index contributed by atoms with van der Waals surface area (Å²) in [6.45, 7) is 0. The third-order valence-electron chi connectivity index (χ3n) is 3.21. The van der Waals surface area contributed by atoms with Gasteiger partial charge in [0.25, 0.3) is 5.69 Å². The van der Waals surface area contributed by atoms with Crippen LogP contribution in [0.5, 0.6) is 5.75 Å². The van der Waals surface area contributed by atoms with E-state index in [9.17, 15) is 10.1 Å². The summed E-state index contributed by atoms with van der Waals surface area (Å²) < 4.78 is 5.12. The Morgan fingerprint density at radius 2 is 1.80 bits per heavy atom. The highest BCUT2D eigenvalue weighted by atomic mass is 16.6. The van der Waals surface area contributed by atoms with E-state index < -0.39 is 4.92 Å². The lowest BCUT2D eigenvalue weighted by Gasteiger charge is -2.03. The van der Waals surface area contributed by atoms with E-state index in [4.69, 9.17) is 16.2 Å². The fourth-order valence-corrected chi connectivity index (χ4v) is 2.02. The minimum atomic E-state index is -0.445. The molecule has 128 valence electrons. The second-order valence-electron chi connectivity index (χ2n) is 4.89. The highest BCUT2D eigenvalue weighted by molar-refractivity contribution is 6.11. The highest BCUT2D eigenvalue weighted by Crippen LogP contribution is 2.20. The zero-order chi connectivity index (χ0) is 18.2. The summed E-state index contributed by atoms with van der Waals surface area (Å²) in [6, 6.07) is 13.5. The first-order valence-corrected chi connectivity index (χ1v) is 7.24. The maximum atomic E-state index is 11.1. The first-order chi connectivity index (χ1) is 12.0. The predicted octanol–water partition coefficient (Wildman–Crippen LogP) is 2.29. The Balaban J connectivity index is 2.41. The zero-order valence-electron chi connectivity index (χ0n) is 13.5. The van der Waals surface area contributed by atoms with E-state index in [1.54, 1.807) is 61.7 Å². The molecule has 2 aromatic rings. The van der Waals surface area contributed by atoms with Crippen molar-refractivity contribution in [2.45, 2.75) is 0 Å². The van der Waals surface area contributed by atoms with Gasteiger partial charge in [0.2, 0.25) is 5.96 Å². The van der Waals surface area contributed by atoms with Crippen LogP contribution in [0.2, 0.25) is 0 Å². The van der Waals surface area contributed by atoms with Crippen LogP contribution < -0.4 is 16.2 Å². The van der Waals surface area contributed by atoms with Crippen molar-refractivity contribution in [3.8, 4) is 5.75 Å². The second kappa shape index (κ2) is 8.25. The van der Waals surface area contributed by atoms with Crippen LogP contribution in [-0.2, 0) is 0 Å². The molecule has 0 aromatic heterocycles. The number of ether oxygens (including phenoxy) is 1. The summed E-state index contributed by atoms with van der Waals surface area (Å²) >= 11 is 0. The third kappa shape index (κ3) is 4.90. The van der Waals surface area contributed by atoms with E-state index in [-0.39, 0.29) is 11.6 Å². The van der Waals surface area contributed by atoms with E-state index in [1.165, 1.54) is 6.07 Å². The first-order valence-electron chi connectivity index (χ1n) is 7.24. The Morgan fingerprint density at radius 3 is 2.40 bits per heavy atom. The van der Waals surface area contributed by atoms with Crippen LogP contribution in [0.3, 0.4) is 0 Å². The van der Waals surface area contributed by atoms with Crippen molar-refractivity contribution in [2.75, 3.05) is 7.11 Å². The van der Waals surface area contributed by atoms with Crippen LogP contribution in [0.4, 0.5) is 5.69 Å². The molecule has 0 radical (unpaired) electrons. The van der Waals surface area contributed by atoms with Gasteiger partial charge in [0.1, 0.15) is 5.75 Å². The lowest BCUT2D eigenvalue weighted by Crippen LogP contribution is -2.22. The average Bonchev–Trinajstić information content (AvgIpc) is 2.62. The Morgan fingerprint density at radius 1 is 1.12 bits per heavy atom. The molecule has 0 spiro atoms. The maximum Gasteiger partial charge on any atom is 0.276 e. The molecule has 0 heterocycles. The molecule has 0 unspecified atom stereocenters. The van der Waals surface area contributed by atoms with Gasteiger partial charge in [-0.2, -0.15) is 0 Å². The summed E-state index contributed by atoms with van der Waals surface area (Å²) in [5, 5.41) is 18.7. The van der Waals surface area contributed by atoms with Crippen LogP contribution in [0.1, 0.15) is 11.1 Å². The zero-order valence-corrected chi connectivity index (χ0v) is 13.5. The van der Waals surface area contributed by atoms with Crippen molar-refractivity contribution >= 4 is 23.4 Å². The molecule has 0 aliphatic heterocycles. The molecule has 0 amide bonds. The van der Waals surface area contributed by atoms with E-state index in [0.717, 1.165) is 5.56 Å². The molecule has 0 fully saturated rings. The number of nitrogens with two attached hydrogens (primary N) is 2. The van der Waals surface area contributed by atoms with Gasteiger partial charge in [0.15, 0.2) is 0 Å². The number of rotatable bonds is 6. The topological polar surface area (TPSA) is 129 Å². The van der Waals surface area contributed by atoms with Gasteiger partial charge in [-0.15, -0.1) is 10.2 Å². The molecule has 8 nitrogen and oxygen atoms in total. The minimum Gasteiger partial charge on any atom is -0.497 e. The van der Waals surface area contributed by atoms with Crippen molar-refractivity contribution in [3.63, 3.8) is 0 Å². The van der Waals surface area contributed by atoms with E-state index in [2.05, 4.69) is 10.2 Å². The molecule has 4 N–H and O–H groups in total.